The number of fused-ring (bicyclic) bond motifs is 2. The van der Waals surface area contributed by atoms with Crippen molar-refractivity contribution < 1.29 is 19.4 Å². The molecule has 17 heavy (non-hydrogen) atoms. The van der Waals surface area contributed by atoms with Crippen LogP contribution in [0.25, 0.3) is 0 Å². The van der Waals surface area contributed by atoms with E-state index in [-0.39, 0.29) is 18.3 Å². The van der Waals surface area contributed by atoms with Crippen LogP contribution in [0.1, 0.15) is 39.0 Å². The number of carboxylic acid groups (broad SMARTS) is 1. The molecule has 2 bridgehead atoms. The van der Waals surface area contributed by atoms with Crippen LogP contribution < -0.4 is 0 Å². The molecular formula is C13H18O4. The lowest BCUT2D eigenvalue weighted by molar-refractivity contribution is -0.162. The molecule has 1 N–H and O–H groups in total. The predicted molar refractivity (Wildman–Crippen MR) is 61.3 cm³/mol. The van der Waals surface area contributed by atoms with Crippen molar-refractivity contribution in [1.29, 1.82) is 0 Å². The quantitative estimate of drug-likeness (QED) is 0.602. The lowest BCUT2D eigenvalue weighted by atomic mass is 9.82. The predicted octanol–water partition coefficient (Wildman–Crippen LogP) is 2.14. The third kappa shape index (κ3) is 2.21. The third-order valence-corrected chi connectivity index (χ3v) is 4.04. The summed E-state index contributed by atoms with van der Waals surface area (Å²) in [5, 5.41) is 8.90. The Balaban J connectivity index is 2.12. The first kappa shape index (κ1) is 12.1. The maximum Gasteiger partial charge on any atom is 0.333 e. The van der Waals surface area contributed by atoms with Gasteiger partial charge in [-0.15, -0.1) is 0 Å². The van der Waals surface area contributed by atoms with Gasteiger partial charge in [-0.05, 0) is 38.5 Å². The molecule has 2 aliphatic rings. The molecular weight excluding hydrogens is 220 g/mol. The van der Waals surface area contributed by atoms with Gasteiger partial charge in [0.05, 0.1) is 6.42 Å². The maximum atomic E-state index is 11.6. The van der Waals surface area contributed by atoms with E-state index >= 15 is 0 Å². The Morgan fingerprint density at radius 3 is 2.76 bits per heavy atom. The minimum Gasteiger partial charge on any atom is -0.481 e. The van der Waals surface area contributed by atoms with E-state index in [1.165, 1.54) is 0 Å². The fourth-order valence-corrected chi connectivity index (χ4v) is 3.26. The van der Waals surface area contributed by atoms with Crippen molar-refractivity contribution in [2.45, 2.75) is 44.6 Å². The van der Waals surface area contributed by atoms with Gasteiger partial charge in [-0.2, -0.15) is 0 Å². The van der Waals surface area contributed by atoms with E-state index in [0.717, 1.165) is 25.7 Å². The van der Waals surface area contributed by atoms with Gasteiger partial charge in [0, 0.05) is 11.5 Å². The Bertz CT molecular complexity index is 374. The zero-order valence-electron chi connectivity index (χ0n) is 10.1. The van der Waals surface area contributed by atoms with E-state index in [4.69, 9.17) is 9.84 Å². The first-order valence-electron chi connectivity index (χ1n) is 6.03. The van der Waals surface area contributed by atoms with Gasteiger partial charge in [-0.1, -0.05) is 6.58 Å². The van der Waals surface area contributed by atoms with E-state index in [9.17, 15) is 9.59 Å². The topological polar surface area (TPSA) is 63.6 Å². The standard InChI is InChI=1S/C13H18O4/c1-8(2)12(16)17-13-4-3-9(7-13)5-10(13)6-11(14)15/h9-10H,1,3-7H2,2H3,(H,14,15). The van der Waals surface area contributed by atoms with Crippen LogP contribution in [0.15, 0.2) is 12.2 Å². The molecule has 4 heteroatoms. The Morgan fingerprint density at radius 1 is 1.53 bits per heavy atom. The van der Waals surface area contributed by atoms with Crippen LogP contribution in [0, 0.1) is 11.8 Å². The van der Waals surface area contributed by atoms with Crippen molar-refractivity contribution in [1.82, 2.24) is 0 Å². The summed E-state index contributed by atoms with van der Waals surface area (Å²) in [4.78, 5) is 22.5. The molecule has 0 amide bonds. The average molecular weight is 238 g/mol. The molecule has 0 radical (unpaired) electrons. The molecule has 0 saturated heterocycles. The van der Waals surface area contributed by atoms with Gasteiger partial charge in [-0.25, -0.2) is 4.79 Å². The summed E-state index contributed by atoms with van der Waals surface area (Å²) in [6, 6.07) is 0. The van der Waals surface area contributed by atoms with Crippen molar-refractivity contribution in [3.8, 4) is 0 Å². The normalized spacial score (nSPS) is 34.6. The van der Waals surface area contributed by atoms with E-state index < -0.39 is 11.6 Å². The van der Waals surface area contributed by atoms with Crippen molar-refractivity contribution in [3.63, 3.8) is 0 Å². The minimum atomic E-state index is -0.812. The largest absolute Gasteiger partial charge is 0.481 e. The molecule has 4 nitrogen and oxygen atoms in total. The summed E-state index contributed by atoms with van der Waals surface area (Å²) in [5.74, 6) is -0.699. The molecule has 0 spiro atoms. The number of ether oxygens (including phenoxy) is 1. The molecule has 94 valence electrons. The molecule has 0 heterocycles. The fraction of sp³-hybridized carbons (Fsp3) is 0.692. The van der Waals surface area contributed by atoms with Gasteiger partial charge in [0.15, 0.2) is 0 Å². The number of aliphatic carboxylic acids is 1. The number of hydrogen-bond acceptors (Lipinski definition) is 3. The third-order valence-electron chi connectivity index (χ3n) is 4.04. The number of carbonyl (C=O) groups is 2. The molecule has 0 aromatic carbocycles. The summed E-state index contributed by atoms with van der Waals surface area (Å²) >= 11 is 0. The molecule has 3 atom stereocenters. The van der Waals surface area contributed by atoms with Crippen LogP contribution in [0.2, 0.25) is 0 Å². The highest BCUT2D eigenvalue weighted by Gasteiger charge is 2.55. The van der Waals surface area contributed by atoms with E-state index in [1.807, 2.05) is 0 Å². The molecule has 2 aliphatic carbocycles. The van der Waals surface area contributed by atoms with Crippen molar-refractivity contribution in [2.24, 2.45) is 11.8 Å². The van der Waals surface area contributed by atoms with Gasteiger partial charge >= 0.3 is 11.9 Å². The average Bonchev–Trinajstić information content (AvgIpc) is 2.73. The zero-order chi connectivity index (χ0) is 12.6. The van der Waals surface area contributed by atoms with Crippen LogP contribution in [-0.4, -0.2) is 22.6 Å². The number of esters is 1. The second-order valence-corrected chi connectivity index (χ2v) is 5.37. The van der Waals surface area contributed by atoms with Crippen molar-refractivity contribution in [2.75, 3.05) is 0 Å². The smallest absolute Gasteiger partial charge is 0.333 e. The number of carboxylic acids is 1. The lowest BCUT2D eigenvalue weighted by Crippen LogP contribution is -2.39. The summed E-state index contributed by atoms with van der Waals surface area (Å²) in [6.45, 7) is 5.19. The van der Waals surface area contributed by atoms with Gasteiger partial charge in [0.1, 0.15) is 5.60 Å². The van der Waals surface area contributed by atoms with Crippen LogP contribution >= 0.6 is 0 Å². The SMILES string of the molecule is C=C(C)C(=O)OC12CCC(CC1CC(=O)O)C2. The number of rotatable bonds is 4. The van der Waals surface area contributed by atoms with E-state index in [2.05, 4.69) is 6.58 Å². The van der Waals surface area contributed by atoms with Crippen LogP contribution in [0.3, 0.4) is 0 Å². The molecule has 0 aromatic heterocycles. The van der Waals surface area contributed by atoms with Gasteiger partial charge in [0.2, 0.25) is 0 Å². The highest BCUT2D eigenvalue weighted by molar-refractivity contribution is 5.87. The first-order chi connectivity index (χ1) is 7.93. The number of hydrogen-bond donors (Lipinski definition) is 1. The molecule has 0 aromatic rings. The van der Waals surface area contributed by atoms with Gasteiger partial charge in [-0.3, -0.25) is 4.79 Å². The minimum absolute atomic E-state index is 0.0259. The van der Waals surface area contributed by atoms with E-state index in [0.29, 0.717) is 11.5 Å². The van der Waals surface area contributed by atoms with Gasteiger partial charge < -0.3 is 9.84 Å². The molecule has 0 aliphatic heterocycles. The maximum absolute atomic E-state index is 11.6. The van der Waals surface area contributed by atoms with Crippen molar-refractivity contribution >= 4 is 11.9 Å². The summed E-state index contributed by atoms with van der Waals surface area (Å²) < 4.78 is 5.56. The highest BCUT2D eigenvalue weighted by atomic mass is 16.6. The highest BCUT2D eigenvalue weighted by Crippen LogP contribution is 2.55. The van der Waals surface area contributed by atoms with Crippen LogP contribution in [-0.2, 0) is 14.3 Å². The monoisotopic (exact) mass is 238 g/mol. The fourth-order valence-electron chi connectivity index (χ4n) is 3.26. The molecule has 2 fully saturated rings. The van der Waals surface area contributed by atoms with Gasteiger partial charge in [0.25, 0.3) is 0 Å². The molecule has 2 rings (SSSR count). The van der Waals surface area contributed by atoms with E-state index in [1.54, 1.807) is 6.92 Å². The second-order valence-electron chi connectivity index (χ2n) is 5.37. The summed E-state index contributed by atoms with van der Waals surface area (Å²) in [7, 11) is 0. The Hall–Kier alpha value is -1.32. The summed E-state index contributed by atoms with van der Waals surface area (Å²) in [5.41, 5.74) is -0.150. The number of carbonyl (C=O) groups excluding carboxylic acids is 1. The Kier molecular flexibility index (Phi) is 2.98. The van der Waals surface area contributed by atoms with Crippen molar-refractivity contribution in [3.05, 3.63) is 12.2 Å². The molecule has 3 unspecified atom stereocenters. The summed E-state index contributed by atoms with van der Waals surface area (Å²) in [6.07, 6.45) is 3.63. The zero-order valence-corrected chi connectivity index (χ0v) is 10.1. The Morgan fingerprint density at radius 2 is 2.24 bits per heavy atom. The van der Waals surface area contributed by atoms with Crippen LogP contribution in [0.5, 0.6) is 0 Å². The van der Waals surface area contributed by atoms with Crippen LogP contribution in [0.4, 0.5) is 0 Å². The molecule has 2 saturated carbocycles. The first-order valence-corrected chi connectivity index (χ1v) is 6.03. The second kappa shape index (κ2) is 4.17. The Labute approximate surface area is 101 Å². The lowest BCUT2D eigenvalue weighted by Gasteiger charge is -2.34.